The lowest BCUT2D eigenvalue weighted by molar-refractivity contribution is 0.695. The molecular formula is C8H13ClN4. The van der Waals surface area contributed by atoms with E-state index in [0.717, 1.165) is 6.42 Å². The van der Waals surface area contributed by atoms with Crippen molar-refractivity contribution in [3.05, 3.63) is 17.4 Å². The van der Waals surface area contributed by atoms with Crippen LogP contribution in [0.4, 0.5) is 5.95 Å². The number of aromatic nitrogens is 2. The number of anilines is 1. The molecule has 0 saturated heterocycles. The van der Waals surface area contributed by atoms with Crippen molar-refractivity contribution in [2.24, 2.45) is 5.73 Å². The summed E-state index contributed by atoms with van der Waals surface area (Å²) in [4.78, 5) is 8.01. The average molecular weight is 201 g/mol. The second-order valence-corrected chi connectivity index (χ2v) is 3.15. The van der Waals surface area contributed by atoms with E-state index in [0.29, 0.717) is 17.5 Å². The van der Waals surface area contributed by atoms with Crippen molar-refractivity contribution >= 4 is 17.5 Å². The molecule has 0 aromatic carbocycles. The number of nitrogens with one attached hydrogen (secondary N) is 1. The fourth-order valence-electron chi connectivity index (χ4n) is 0.897. The summed E-state index contributed by atoms with van der Waals surface area (Å²) in [6.45, 7) is 2.63. The third-order valence-corrected chi connectivity index (χ3v) is 1.93. The molecule has 0 aliphatic heterocycles. The largest absolute Gasteiger partial charge is 0.350 e. The molecule has 0 aliphatic rings. The molecule has 72 valence electrons. The van der Waals surface area contributed by atoms with Crippen LogP contribution in [0, 0.1) is 0 Å². The van der Waals surface area contributed by atoms with E-state index in [1.807, 2.05) is 0 Å². The molecule has 0 amide bonds. The quantitative estimate of drug-likeness (QED) is 0.769. The van der Waals surface area contributed by atoms with Crippen LogP contribution in [-0.2, 0) is 0 Å². The van der Waals surface area contributed by atoms with E-state index in [-0.39, 0.29) is 6.04 Å². The van der Waals surface area contributed by atoms with Gasteiger partial charge in [-0.25, -0.2) is 9.97 Å². The Balaban J connectivity index is 2.58. The fraction of sp³-hybridized carbons (Fsp3) is 0.500. The average Bonchev–Trinajstić information content (AvgIpc) is 2.17. The monoisotopic (exact) mass is 200 g/mol. The Morgan fingerprint density at radius 2 is 2.15 bits per heavy atom. The van der Waals surface area contributed by atoms with Crippen LogP contribution in [0.5, 0.6) is 0 Å². The second-order valence-electron chi connectivity index (χ2n) is 2.71. The number of nitrogens with two attached hydrogens (primary N) is 1. The van der Waals surface area contributed by atoms with E-state index in [1.165, 1.54) is 0 Å². The van der Waals surface area contributed by atoms with Crippen LogP contribution < -0.4 is 11.1 Å². The van der Waals surface area contributed by atoms with Gasteiger partial charge in [-0.3, -0.25) is 0 Å². The Morgan fingerprint density at radius 1 is 1.54 bits per heavy atom. The Bertz CT molecular complexity index is 245. The summed E-state index contributed by atoms with van der Waals surface area (Å²) in [6.07, 6.45) is 4.06. The number of halogens is 1. The maximum absolute atomic E-state index is 5.64. The first-order chi connectivity index (χ1) is 6.26. The van der Waals surface area contributed by atoms with E-state index in [1.54, 1.807) is 12.4 Å². The van der Waals surface area contributed by atoms with E-state index in [4.69, 9.17) is 17.3 Å². The van der Waals surface area contributed by atoms with Gasteiger partial charge in [0.1, 0.15) is 0 Å². The minimum Gasteiger partial charge on any atom is -0.350 e. The van der Waals surface area contributed by atoms with Gasteiger partial charge in [0.05, 0.1) is 17.4 Å². The molecule has 5 heteroatoms. The molecule has 0 bridgehead atoms. The molecule has 0 fully saturated rings. The van der Waals surface area contributed by atoms with Gasteiger partial charge >= 0.3 is 0 Å². The third kappa shape index (κ3) is 3.16. The van der Waals surface area contributed by atoms with Crippen molar-refractivity contribution in [2.75, 3.05) is 11.9 Å². The first kappa shape index (κ1) is 10.2. The maximum atomic E-state index is 5.64. The van der Waals surface area contributed by atoms with Gasteiger partial charge in [0.2, 0.25) is 5.95 Å². The molecule has 1 rings (SSSR count). The van der Waals surface area contributed by atoms with Gasteiger partial charge in [-0.1, -0.05) is 18.5 Å². The van der Waals surface area contributed by atoms with Crippen LogP contribution in [0.15, 0.2) is 12.4 Å². The Labute approximate surface area is 82.5 Å². The standard InChI is InChI=1S/C8H13ClN4/c1-2-7(3-10)13-8-11-4-6(9)5-12-8/h4-5,7H,2-3,10H2,1H3,(H,11,12,13). The van der Waals surface area contributed by atoms with E-state index >= 15 is 0 Å². The third-order valence-electron chi connectivity index (χ3n) is 1.73. The minimum atomic E-state index is 0.223. The van der Waals surface area contributed by atoms with E-state index in [2.05, 4.69) is 22.2 Å². The SMILES string of the molecule is CCC(CN)Nc1ncc(Cl)cn1. The summed E-state index contributed by atoms with van der Waals surface area (Å²) in [5, 5.41) is 3.63. The summed E-state index contributed by atoms with van der Waals surface area (Å²) in [7, 11) is 0. The number of hydrogen-bond acceptors (Lipinski definition) is 4. The number of hydrogen-bond donors (Lipinski definition) is 2. The van der Waals surface area contributed by atoms with Gasteiger partial charge in [-0.2, -0.15) is 0 Å². The first-order valence-electron chi connectivity index (χ1n) is 4.20. The van der Waals surface area contributed by atoms with Gasteiger partial charge in [0.25, 0.3) is 0 Å². The smallest absolute Gasteiger partial charge is 0.222 e. The summed E-state index contributed by atoms with van der Waals surface area (Å²) < 4.78 is 0. The normalized spacial score (nSPS) is 12.5. The Hall–Kier alpha value is -0.870. The molecule has 1 aromatic heterocycles. The topological polar surface area (TPSA) is 63.8 Å². The fourth-order valence-corrected chi connectivity index (χ4v) is 0.995. The molecular weight excluding hydrogens is 188 g/mol. The highest BCUT2D eigenvalue weighted by Crippen LogP contribution is 2.06. The maximum Gasteiger partial charge on any atom is 0.222 e. The zero-order valence-electron chi connectivity index (χ0n) is 7.50. The molecule has 1 heterocycles. The van der Waals surface area contributed by atoms with E-state index < -0.39 is 0 Å². The van der Waals surface area contributed by atoms with Crippen LogP contribution in [0.1, 0.15) is 13.3 Å². The lowest BCUT2D eigenvalue weighted by Gasteiger charge is -2.13. The van der Waals surface area contributed by atoms with Crippen LogP contribution in [0.3, 0.4) is 0 Å². The Kier molecular flexibility index (Phi) is 3.92. The lowest BCUT2D eigenvalue weighted by Crippen LogP contribution is -2.28. The number of rotatable bonds is 4. The molecule has 0 radical (unpaired) electrons. The summed E-state index contributed by atoms with van der Waals surface area (Å²) in [5.74, 6) is 0.571. The number of nitrogens with zero attached hydrogens (tertiary/aromatic N) is 2. The van der Waals surface area contributed by atoms with Crippen LogP contribution >= 0.6 is 11.6 Å². The molecule has 4 nitrogen and oxygen atoms in total. The lowest BCUT2D eigenvalue weighted by atomic mass is 10.2. The van der Waals surface area contributed by atoms with Gasteiger partial charge in [0.15, 0.2) is 0 Å². The predicted octanol–water partition coefficient (Wildman–Crippen LogP) is 1.28. The van der Waals surface area contributed by atoms with Gasteiger partial charge < -0.3 is 11.1 Å². The van der Waals surface area contributed by atoms with Crippen molar-refractivity contribution in [3.8, 4) is 0 Å². The molecule has 3 N–H and O–H groups in total. The van der Waals surface area contributed by atoms with Crippen molar-refractivity contribution in [1.82, 2.24) is 9.97 Å². The molecule has 1 aromatic rings. The minimum absolute atomic E-state index is 0.223. The summed E-state index contributed by atoms with van der Waals surface area (Å²) in [6, 6.07) is 0.223. The second kappa shape index (κ2) is 4.99. The van der Waals surface area contributed by atoms with E-state index in [9.17, 15) is 0 Å². The molecule has 0 aliphatic carbocycles. The predicted molar refractivity (Wildman–Crippen MR) is 53.8 cm³/mol. The highest BCUT2D eigenvalue weighted by atomic mass is 35.5. The molecule has 1 atom stereocenters. The highest BCUT2D eigenvalue weighted by Gasteiger charge is 2.04. The first-order valence-corrected chi connectivity index (χ1v) is 4.58. The highest BCUT2D eigenvalue weighted by molar-refractivity contribution is 6.30. The van der Waals surface area contributed by atoms with Crippen molar-refractivity contribution in [1.29, 1.82) is 0 Å². The van der Waals surface area contributed by atoms with Gasteiger partial charge in [-0.05, 0) is 6.42 Å². The zero-order chi connectivity index (χ0) is 9.68. The van der Waals surface area contributed by atoms with Crippen molar-refractivity contribution in [3.63, 3.8) is 0 Å². The summed E-state index contributed by atoms with van der Waals surface area (Å²) in [5.41, 5.74) is 5.52. The van der Waals surface area contributed by atoms with Gasteiger partial charge in [0, 0.05) is 12.6 Å². The van der Waals surface area contributed by atoms with Crippen LogP contribution in [-0.4, -0.2) is 22.6 Å². The molecule has 1 unspecified atom stereocenters. The Morgan fingerprint density at radius 3 is 2.62 bits per heavy atom. The van der Waals surface area contributed by atoms with Crippen molar-refractivity contribution < 1.29 is 0 Å². The van der Waals surface area contributed by atoms with Crippen LogP contribution in [0.2, 0.25) is 5.02 Å². The summed E-state index contributed by atoms with van der Waals surface area (Å²) >= 11 is 5.64. The molecule has 0 spiro atoms. The molecule has 0 saturated carbocycles. The zero-order valence-corrected chi connectivity index (χ0v) is 8.25. The van der Waals surface area contributed by atoms with Gasteiger partial charge in [-0.15, -0.1) is 0 Å². The van der Waals surface area contributed by atoms with Crippen LogP contribution in [0.25, 0.3) is 0 Å². The molecule has 13 heavy (non-hydrogen) atoms. The van der Waals surface area contributed by atoms with Crippen molar-refractivity contribution in [2.45, 2.75) is 19.4 Å².